The zero-order chi connectivity index (χ0) is 22.9. The Morgan fingerprint density at radius 3 is 2.67 bits per heavy atom. The van der Waals surface area contributed by atoms with Crippen LogP contribution in [0.25, 0.3) is 10.9 Å². The smallest absolute Gasteiger partial charge is 0.257 e. The van der Waals surface area contributed by atoms with Crippen LogP contribution in [0.5, 0.6) is 17.2 Å². The van der Waals surface area contributed by atoms with E-state index in [4.69, 9.17) is 9.47 Å². The molecule has 168 valence electrons. The number of benzene rings is 3. The Morgan fingerprint density at radius 2 is 1.88 bits per heavy atom. The number of rotatable bonds is 6. The van der Waals surface area contributed by atoms with Gasteiger partial charge >= 0.3 is 0 Å². The number of anilines is 1. The number of nitrogens with one attached hydrogen (secondary N) is 2. The number of amides is 1. The summed E-state index contributed by atoms with van der Waals surface area (Å²) in [4.78, 5) is 18.6. The average molecular weight is 444 g/mol. The molecule has 0 saturated carbocycles. The average Bonchev–Trinajstić information content (AvgIpc) is 3.25. The fourth-order valence-corrected chi connectivity index (χ4v) is 4.40. The molecule has 1 aliphatic heterocycles. The van der Waals surface area contributed by atoms with Crippen molar-refractivity contribution in [2.75, 3.05) is 26.1 Å². The van der Waals surface area contributed by atoms with Gasteiger partial charge in [-0.05, 0) is 60.0 Å². The van der Waals surface area contributed by atoms with Crippen LogP contribution < -0.4 is 14.8 Å². The third-order valence-electron chi connectivity index (χ3n) is 6.14. The number of ether oxygens (including phenoxy) is 2. The number of carbonyl (C=O) groups is 1. The van der Waals surface area contributed by atoms with Gasteiger partial charge in [0.15, 0.2) is 11.5 Å². The van der Waals surface area contributed by atoms with Gasteiger partial charge in [-0.1, -0.05) is 18.2 Å². The number of carbonyl (C=O) groups excluding carboxylic acids is 1. The molecule has 0 saturated heterocycles. The fraction of sp³-hybridized carbons (Fsp3) is 0.192. The normalized spacial score (nSPS) is 15.3. The van der Waals surface area contributed by atoms with E-state index < -0.39 is 6.17 Å². The van der Waals surface area contributed by atoms with Crippen LogP contribution in [0, 0.1) is 0 Å². The molecular formula is C26H25N3O4. The van der Waals surface area contributed by atoms with Crippen LogP contribution in [0.3, 0.4) is 0 Å². The molecule has 7 nitrogen and oxygen atoms in total. The molecule has 0 bridgehead atoms. The monoisotopic (exact) mass is 443 g/mol. The van der Waals surface area contributed by atoms with Gasteiger partial charge in [-0.25, -0.2) is 0 Å². The van der Waals surface area contributed by atoms with Crippen molar-refractivity contribution >= 4 is 22.5 Å². The number of phenols is 1. The van der Waals surface area contributed by atoms with Gasteiger partial charge in [0.25, 0.3) is 5.91 Å². The molecular weight excluding hydrogens is 418 g/mol. The Kier molecular flexibility index (Phi) is 5.30. The number of nitrogens with zero attached hydrogens (tertiary/aromatic N) is 1. The molecule has 1 atom stereocenters. The Hall–Kier alpha value is -4.13. The Morgan fingerprint density at radius 1 is 1.03 bits per heavy atom. The van der Waals surface area contributed by atoms with E-state index in [1.54, 1.807) is 19.2 Å². The maximum Gasteiger partial charge on any atom is 0.257 e. The molecule has 0 spiro atoms. The largest absolute Gasteiger partial charge is 0.504 e. The predicted molar refractivity (Wildman–Crippen MR) is 127 cm³/mol. The summed E-state index contributed by atoms with van der Waals surface area (Å²) in [6.45, 7) is 0.488. The summed E-state index contributed by atoms with van der Waals surface area (Å²) in [6, 6.07) is 18.6. The standard InChI is InChI=1S/C26H25N3O4/c1-32-18-8-9-21-20(14-18)17(15-27-21)11-12-29-25(16-7-10-24(33-2)23(30)13-16)28-22-6-4-3-5-19(22)26(29)31/h3-10,13-15,25,27-28,30H,11-12H2,1-2H3. The van der Waals surface area contributed by atoms with Crippen LogP contribution >= 0.6 is 0 Å². The third kappa shape index (κ3) is 3.71. The lowest BCUT2D eigenvalue weighted by molar-refractivity contribution is 0.0685. The number of phenolic OH excluding ortho intramolecular Hbond substituents is 1. The van der Waals surface area contributed by atoms with E-state index in [1.807, 2.05) is 59.6 Å². The molecule has 3 N–H and O–H groups in total. The van der Waals surface area contributed by atoms with Crippen LogP contribution in [0.1, 0.15) is 27.7 Å². The SMILES string of the molecule is COc1ccc2[nH]cc(CCN3C(=O)c4ccccc4NC3c3ccc(OC)c(O)c3)c2c1. The molecule has 1 aliphatic rings. The highest BCUT2D eigenvalue weighted by Crippen LogP contribution is 2.36. The van der Waals surface area contributed by atoms with E-state index in [0.717, 1.165) is 33.5 Å². The van der Waals surface area contributed by atoms with Crippen molar-refractivity contribution in [2.45, 2.75) is 12.6 Å². The molecule has 33 heavy (non-hydrogen) atoms. The highest BCUT2D eigenvalue weighted by molar-refractivity contribution is 6.01. The fourth-order valence-electron chi connectivity index (χ4n) is 4.40. The molecule has 0 fully saturated rings. The second-order valence-electron chi connectivity index (χ2n) is 8.00. The number of aromatic amines is 1. The van der Waals surface area contributed by atoms with Crippen LogP contribution in [-0.2, 0) is 6.42 Å². The predicted octanol–water partition coefficient (Wildman–Crippen LogP) is 4.70. The van der Waals surface area contributed by atoms with Crippen molar-refractivity contribution in [3.05, 3.63) is 83.6 Å². The van der Waals surface area contributed by atoms with Crippen molar-refractivity contribution in [1.29, 1.82) is 0 Å². The lowest BCUT2D eigenvalue weighted by atomic mass is 10.0. The number of H-pyrrole nitrogens is 1. The summed E-state index contributed by atoms with van der Waals surface area (Å²) in [5.74, 6) is 1.16. The first-order chi connectivity index (χ1) is 16.1. The minimum Gasteiger partial charge on any atom is -0.504 e. The lowest BCUT2D eigenvalue weighted by Gasteiger charge is -2.38. The van der Waals surface area contributed by atoms with Crippen LogP contribution in [0.4, 0.5) is 5.69 Å². The number of aromatic hydroxyl groups is 1. The second kappa shape index (κ2) is 8.43. The maximum absolute atomic E-state index is 13.5. The first kappa shape index (κ1) is 20.8. The third-order valence-corrected chi connectivity index (χ3v) is 6.14. The van der Waals surface area contributed by atoms with Crippen molar-refractivity contribution in [3.63, 3.8) is 0 Å². The number of methoxy groups -OCH3 is 2. The van der Waals surface area contributed by atoms with Crippen LogP contribution in [0.15, 0.2) is 66.9 Å². The van der Waals surface area contributed by atoms with Crippen molar-refractivity contribution < 1.29 is 19.4 Å². The van der Waals surface area contributed by atoms with Gasteiger partial charge in [0.05, 0.1) is 19.8 Å². The summed E-state index contributed by atoms with van der Waals surface area (Å²) in [6.07, 6.45) is 2.21. The number of hydrogen-bond acceptors (Lipinski definition) is 5. The van der Waals surface area contributed by atoms with Crippen molar-refractivity contribution in [3.8, 4) is 17.2 Å². The first-order valence-corrected chi connectivity index (χ1v) is 10.8. The van der Waals surface area contributed by atoms with Crippen LogP contribution in [0.2, 0.25) is 0 Å². The summed E-state index contributed by atoms with van der Waals surface area (Å²) in [5.41, 5.74) is 4.31. The van der Waals surface area contributed by atoms with E-state index in [0.29, 0.717) is 24.3 Å². The summed E-state index contributed by atoms with van der Waals surface area (Å²) in [7, 11) is 3.16. The van der Waals surface area contributed by atoms with Gasteiger partial charge in [0, 0.05) is 29.3 Å². The second-order valence-corrected chi connectivity index (χ2v) is 8.00. The van der Waals surface area contributed by atoms with E-state index in [9.17, 15) is 9.90 Å². The van der Waals surface area contributed by atoms with Crippen molar-refractivity contribution in [1.82, 2.24) is 9.88 Å². The molecule has 0 radical (unpaired) electrons. The molecule has 1 unspecified atom stereocenters. The first-order valence-electron chi connectivity index (χ1n) is 10.8. The Balaban J connectivity index is 1.49. The van der Waals surface area contributed by atoms with Gasteiger partial charge in [0.1, 0.15) is 11.9 Å². The molecule has 2 heterocycles. The topological polar surface area (TPSA) is 86.8 Å². The van der Waals surface area contributed by atoms with Gasteiger partial charge < -0.3 is 29.8 Å². The summed E-state index contributed by atoms with van der Waals surface area (Å²) in [5, 5.41) is 14.9. The number of hydrogen-bond donors (Lipinski definition) is 3. The molecule has 0 aliphatic carbocycles. The minimum absolute atomic E-state index is 0.0341. The number of fused-ring (bicyclic) bond motifs is 2. The lowest BCUT2D eigenvalue weighted by Crippen LogP contribution is -2.43. The van der Waals surface area contributed by atoms with Gasteiger partial charge in [0.2, 0.25) is 0 Å². The van der Waals surface area contributed by atoms with E-state index in [-0.39, 0.29) is 11.7 Å². The molecule has 7 heteroatoms. The minimum atomic E-state index is -0.427. The van der Waals surface area contributed by atoms with Gasteiger partial charge in [-0.15, -0.1) is 0 Å². The molecule has 1 amide bonds. The highest BCUT2D eigenvalue weighted by atomic mass is 16.5. The summed E-state index contributed by atoms with van der Waals surface area (Å²) < 4.78 is 10.6. The highest BCUT2D eigenvalue weighted by Gasteiger charge is 2.33. The molecule has 1 aromatic heterocycles. The van der Waals surface area contributed by atoms with Gasteiger partial charge in [-0.2, -0.15) is 0 Å². The molecule has 3 aromatic carbocycles. The van der Waals surface area contributed by atoms with E-state index >= 15 is 0 Å². The molecule has 5 rings (SSSR count). The summed E-state index contributed by atoms with van der Waals surface area (Å²) >= 11 is 0. The van der Waals surface area contributed by atoms with Crippen molar-refractivity contribution in [2.24, 2.45) is 0 Å². The van der Waals surface area contributed by atoms with Gasteiger partial charge in [-0.3, -0.25) is 4.79 Å². The van der Waals surface area contributed by atoms with Crippen LogP contribution in [-0.4, -0.2) is 41.7 Å². The maximum atomic E-state index is 13.5. The van der Waals surface area contributed by atoms with E-state index in [1.165, 1.54) is 7.11 Å². The number of para-hydroxylation sites is 1. The Bertz CT molecular complexity index is 1330. The zero-order valence-electron chi connectivity index (χ0n) is 18.5. The van der Waals surface area contributed by atoms with E-state index in [2.05, 4.69) is 10.3 Å². The Labute approximate surface area is 191 Å². The quantitative estimate of drug-likeness (QED) is 0.402. The number of aromatic nitrogens is 1. The zero-order valence-corrected chi connectivity index (χ0v) is 18.5. The molecule has 4 aromatic rings.